The van der Waals surface area contributed by atoms with Gasteiger partial charge in [0.15, 0.2) is 5.78 Å². The Morgan fingerprint density at radius 3 is 2.43 bits per heavy atom. The van der Waals surface area contributed by atoms with Crippen molar-refractivity contribution in [3.8, 4) is 0 Å². The molecular weight excluding hydrogens is 478 g/mol. The van der Waals surface area contributed by atoms with Crippen molar-refractivity contribution >= 4 is 27.5 Å². The number of allylic oxidation sites excluding steroid dienone is 3. The van der Waals surface area contributed by atoms with E-state index >= 15 is 0 Å². The molecule has 0 aliphatic carbocycles. The van der Waals surface area contributed by atoms with Crippen LogP contribution in [0.4, 0.5) is 5.69 Å². The third-order valence-electron chi connectivity index (χ3n) is 5.59. The summed E-state index contributed by atoms with van der Waals surface area (Å²) in [6, 6.07) is 5.54. The number of non-ortho nitro benzene ring substituents is 1. The van der Waals surface area contributed by atoms with Gasteiger partial charge in [-0.1, -0.05) is 19.1 Å². The van der Waals surface area contributed by atoms with Crippen molar-refractivity contribution in [2.45, 2.75) is 45.3 Å². The third-order valence-corrected chi connectivity index (χ3v) is 7.30. The lowest BCUT2D eigenvalue weighted by molar-refractivity contribution is -0.384. The van der Waals surface area contributed by atoms with Gasteiger partial charge < -0.3 is 14.8 Å². The SMILES string of the molecule is CCCOCCOC(=O)C1=C(C)NC(C)=C(C(=O)C(C)S(=O)(=O)NC)C1c1cccc([N+](=O)[O-])c1. The minimum Gasteiger partial charge on any atom is -0.460 e. The molecule has 0 saturated heterocycles. The summed E-state index contributed by atoms with van der Waals surface area (Å²) in [5.41, 5.74) is 0.843. The van der Waals surface area contributed by atoms with Crippen molar-refractivity contribution in [2.24, 2.45) is 0 Å². The summed E-state index contributed by atoms with van der Waals surface area (Å²) in [4.78, 5) is 37.5. The van der Waals surface area contributed by atoms with Crippen LogP contribution in [-0.4, -0.2) is 57.2 Å². The van der Waals surface area contributed by atoms with Crippen LogP contribution < -0.4 is 10.0 Å². The number of rotatable bonds is 12. The fourth-order valence-corrected chi connectivity index (χ4v) is 4.56. The van der Waals surface area contributed by atoms with E-state index in [0.717, 1.165) is 6.42 Å². The number of hydrogen-bond acceptors (Lipinski definition) is 9. The first-order chi connectivity index (χ1) is 16.5. The molecule has 1 heterocycles. The number of hydrogen-bond donors (Lipinski definition) is 2. The van der Waals surface area contributed by atoms with Crippen LogP contribution in [0.3, 0.4) is 0 Å². The van der Waals surface area contributed by atoms with E-state index < -0.39 is 37.9 Å². The van der Waals surface area contributed by atoms with E-state index in [1.807, 2.05) is 6.92 Å². The van der Waals surface area contributed by atoms with Gasteiger partial charge in [-0.05, 0) is 39.8 Å². The lowest BCUT2D eigenvalue weighted by Crippen LogP contribution is -2.40. The maximum Gasteiger partial charge on any atom is 0.336 e. The third kappa shape index (κ3) is 6.53. The van der Waals surface area contributed by atoms with Crippen molar-refractivity contribution < 1.29 is 32.4 Å². The van der Waals surface area contributed by atoms with Crippen molar-refractivity contribution in [3.05, 3.63) is 62.5 Å². The molecular formula is C23H31N3O8S. The monoisotopic (exact) mass is 509 g/mol. The number of nitrogens with one attached hydrogen (secondary N) is 2. The number of ketones is 1. The van der Waals surface area contributed by atoms with Gasteiger partial charge in [-0.15, -0.1) is 0 Å². The van der Waals surface area contributed by atoms with E-state index in [4.69, 9.17) is 9.47 Å². The van der Waals surface area contributed by atoms with Crippen LogP contribution in [0.15, 0.2) is 46.8 Å². The van der Waals surface area contributed by atoms with Gasteiger partial charge in [-0.2, -0.15) is 0 Å². The Morgan fingerprint density at radius 2 is 1.83 bits per heavy atom. The summed E-state index contributed by atoms with van der Waals surface area (Å²) in [7, 11) is -2.79. The maximum absolute atomic E-state index is 13.5. The highest BCUT2D eigenvalue weighted by atomic mass is 32.2. The van der Waals surface area contributed by atoms with Crippen LogP contribution >= 0.6 is 0 Å². The molecule has 1 aliphatic heterocycles. The van der Waals surface area contributed by atoms with Gasteiger partial charge in [-0.3, -0.25) is 14.9 Å². The van der Waals surface area contributed by atoms with E-state index in [0.29, 0.717) is 18.0 Å². The largest absolute Gasteiger partial charge is 0.460 e. The summed E-state index contributed by atoms with van der Waals surface area (Å²) in [5.74, 6) is -2.57. The molecule has 0 aromatic heterocycles. The molecule has 0 saturated carbocycles. The molecule has 0 bridgehead atoms. The zero-order valence-corrected chi connectivity index (χ0v) is 21.2. The van der Waals surface area contributed by atoms with Gasteiger partial charge in [0, 0.05) is 41.6 Å². The normalized spacial score (nSPS) is 17.1. The van der Waals surface area contributed by atoms with Crippen LogP contribution in [0, 0.1) is 10.1 Å². The van der Waals surface area contributed by atoms with Crippen LogP contribution in [0.25, 0.3) is 0 Å². The molecule has 12 heteroatoms. The van der Waals surface area contributed by atoms with Gasteiger partial charge in [0.25, 0.3) is 5.69 Å². The second-order valence-electron chi connectivity index (χ2n) is 7.99. The molecule has 0 radical (unpaired) electrons. The number of nitro groups is 1. The molecule has 0 amide bonds. The van der Waals surface area contributed by atoms with E-state index in [1.54, 1.807) is 19.9 Å². The summed E-state index contributed by atoms with van der Waals surface area (Å²) in [6.45, 7) is 7.04. The first-order valence-corrected chi connectivity index (χ1v) is 12.6. The predicted molar refractivity (Wildman–Crippen MR) is 129 cm³/mol. The summed E-state index contributed by atoms with van der Waals surface area (Å²) in [5, 5.41) is 12.9. The average molecular weight is 510 g/mol. The Hall–Kier alpha value is -3.09. The second kappa shape index (κ2) is 12.0. The fraction of sp³-hybridized carbons (Fsp3) is 0.478. The van der Waals surface area contributed by atoms with Gasteiger partial charge in [-0.25, -0.2) is 17.9 Å². The molecule has 0 fully saturated rings. The van der Waals surface area contributed by atoms with Crippen LogP contribution in [-0.2, 0) is 29.1 Å². The number of carbonyl (C=O) groups is 2. The van der Waals surface area contributed by atoms with Gasteiger partial charge >= 0.3 is 5.97 Å². The first kappa shape index (κ1) is 28.1. The maximum atomic E-state index is 13.5. The molecule has 1 aromatic carbocycles. The second-order valence-corrected chi connectivity index (χ2v) is 10.2. The highest BCUT2D eigenvalue weighted by molar-refractivity contribution is 7.90. The van der Waals surface area contributed by atoms with Crippen LogP contribution in [0.1, 0.15) is 45.6 Å². The van der Waals surface area contributed by atoms with Gasteiger partial charge in [0.1, 0.15) is 11.9 Å². The first-order valence-electron chi connectivity index (χ1n) is 11.1. The Balaban J connectivity index is 2.59. The Labute approximate surface area is 204 Å². The minimum absolute atomic E-state index is 0.0107. The Kier molecular flexibility index (Phi) is 9.69. The zero-order valence-electron chi connectivity index (χ0n) is 20.4. The molecule has 11 nitrogen and oxygen atoms in total. The van der Waals surface area contributed by atoms with Crippen molar-refractivity contribution in [3.63, 3.8) is 0 Å². The van der Waals surface area contributed by atoms with E-state index in [2.05, 4.69) is 10.0 Å². The van der Waals surface area contributed by atoms with Crippen LogP contribution in [0.2, 0.25) is 0 Å². The highest BCUT2D eigenvalue weighted by Gasteiger charge is 2.41. The summed E-state index contributed by atoms with van der Waals surface area (Å²) < 4.78 is 37.7. The topological polar surface area (TPSA) is 154 Å². The highest BCUT2D eigenvalue weighted by Crippen LogP contribution is 2.40. The number of sulfonamides is 1. The summed E-state index contributed by atoms with van der Waals surface area (Å²) >= 11 is 0. The molecule has 0 spiro atoms. The van der Waals surface area contributed by atoms with Crippen molar-refractivity contribution in [2.75, 3.05) is 26.9 Å². The zero-order chi connectivity index (χ0) is 26.3. The van der Waals surface area contributed by atoms with E-state index in [-0.39, 0.29) is 35.6 Å². The number of benzene rings is 1. The van der Waals surface area contributed by atoms with E-state index in [9.17, 15) is 28.1 Å². The molecule has 2 rings (SSSR count). The number of Topliss-reactive ketones (excluding diaryl/α,β-unsaturated/α-hetero) is 1. The molecule has 1 aliphatic rings. The molecule has 192 valence electrons. The molecule has 1 aromatic rings. The number of esters is 1. The molecule has 2 atom stereocenters. The standard InChI is InChI=1S/C23H31N3O8S/c1-6-10-33-11-12-34-23(28)20-15(3)25-14(2)19(22(27)16(4)35(31,32)24-5)21(20)17-8-7-9-18(13-17)26(29)30/h7-9,13,16,21,24-25H,6,10-12H2,1-5H3. The average Bonchev–Trinajstić information content (AvgIpc) is 2.82. The number of ether oxygens (including phenoxy) is 2. The Morgan fingerprint density at radius 1 is 1.17 bits per heavy atom. The summed E-state index contributed by atoms with van der Waals surface area (Å²) in [6.07, 6.45) is 0.806. The number of nitrogens with zero attached hydrogens (tertiary/aromatic N) is 1. The minimum atomic E-state index is -3.99. The van der Waals surface area contributed by atoms with Crippen molar-refractivity contribution in [1.29, 1.82) is 0 Å². The number of dihydropyridines is 1. The van der Waals surface area contributed by atoms with Gasteiger partial charge in [0.05, 0.1) is 17.1 Å². The predicted octanol–water partition coefficient (Wildman–Crippen LogP) is 2.31. The lowest BCUT2D eigenvalue weighted by atomic mass is 9.78. The van der Waals surface area contributed by atoms with Crippen LogP contribution in [0.5, 0.6) is 0 Å². The quantitative estimate of drug-likeness (QED) is 0.187. The smallest absolute Gasteiger partial charge is 0.336 e. The Bertz CT molecular complexity index is 1160. The van der Waals surface area contributed by atoms with E-state index in [1.165, 1.54) is 32.2 Å². The molecule has 2 N–H and O–H groups in total. The van der Waals surface area contributed by atoms with Gasteiger partial charge in [0.2, 0.25) is 10.0 Å². The lowest BCUT2D eigenvalue weighted by Gasteiger charge is -2.32. The molecule has 35 heavy (non-hydrogen) atoms. The fourth-order valence-electron chi connectivity index (χ4n) is 3.80. The number of nitro benzene ring substituents is 1. The van der Waals surface area contributed by atoms with Crippen molar-refractivity contribution in [1.82, 2.24) is 10.0 Å². The number of carbonyl (C=O) groups excluding carboxylic acids is 2. The molecule has 2 unspecified atom stereocenters.